The minimum absolute atomic E-state index is 0.00309. The van der Waals surface area contributed by atoms with Gasteiger partial charge in [0.2, 0.25) is 5.82 Å². The minimum Gasteiger partial charge on any atom is -0.306 e. The number of hydrogen-bond acceptors (Lipinski definition) is 4. The molecule has 6 heteroatoms. The zero-order valence-corrected chi connectivity index (χ0v) is 10.9. The highest BCUT2D eigenvalue weighted by Crippen LogP contribution is 2.21. The van der Waals surface area contributed by atoms with Crippen molar-refractivity contribution in [2.45, 2.75) is 19.5 Å². The largest absolute Gasteiger partial charge is 0.306 e. The Bertz CT molecular complexity index is 605. The smallest absolute Gasteiger partial charge is 0.305 e. The second-order valence-electron chi connectivity index (χ2n) is 4.39. The van der Waals surface area contributed by atoms with Crippen LogP contribution < -0.4 is 5.32 Å². The van der Waals surface area contributed by atoms with Crippen LogP contribution in [-0.4, -0.2) is 9.91 Å². The van der Waals surface area contributed by atoms with Crippen LogP contribution in [0, 0.1) is 15.9 Å². The van der Waals surface area contributed by atoms with E-state index in [0.29, 0.717) is 0 Å². The summed E-state index contributed by atoms with van der Waals surface area (Å²) in [4.78, 5) is 13.9. The molecule has 1 aromatic heterocycles. The summed E-state index contributed by atoms with van der Waals surface area (Å²) in [6.45, 7) is 2.15. The second kappa shape index (κ2) is 6.21. The number of hydrogen-bond donors (Lipinski definition) is 1. The zero-order valence-electron chi connectivity index (χ0n) is 10.9. The number of rotatable bonds is 5. The number of halogens is 1. The number of nitro benzene ring substituents is 1. The standard InChI is InChI=1S/C14H14FN3O2/c1-10(11-5-7-16-8-6-11)17-9-12-3-2-4-13(14(12)15)18(19)20/h2-8,10,17H,9H2,1H3. The van der Waals surface area contributed by atoms with Gasteiger partial charge in [-0.1, -0.05) is 12.1 Å². The maximum absolute atomic E-state index is 13.9. The molecule has 0 aliphatic carbocycles. The van der Waals surface area contributed by atoms with E-state index in [0.717, 1.165) is 11.6 Å². The average Bonchev–Trinajstić information content (AvgIpc) is 2.46. The van der Waals surface area contributed by atoms with E-state index in [1.807, 2.05) is 19.1 Å². The van der Waals surface area contributed by atoms with Gasteiger partial charge in [0, 0.05) is 36.6 Å². The van der Waals surface area contributed by atoms with Gasteiger partial charge in [-0.2, -0.15) is 4.39 Å². The van der Waals surface area contributed by atoms with Crippen molar-refractivity contribution in [1.82, 2.24) is 10.3 Å². The van der Waals surface area contributed by atoms with Gasteiger partial charge in [-0.25, -0.2) is 0 Å². The lowest BCUT2D eigenvalue weighted by molar-refractivity contribution is -0.387. The van der Waals surface area contributed by atoms with E-state index < -0.39 is 16.4 Å². The van der Waals surface area contributed by atoms with E-state index in [2.05, 4.69) is 10.3 Å². The summed E-state index contributed by atoms with van der Waals surface area (Å²) >= 11 is 0. The number of nitrogens with one attached hydrogen (secondary N) is 1. The van der Waals surface area contributed by atoms with Crippen molar-refractivity contribution in [2.75, 3.05) is 0 Å². The third kappa shape index (κ3) is 3.16. The number of pyridine rings is 1. The fraction of sp³-hybridized carbons (Fsp3) is 0.214. The lowest BCUT2D eigenvalue weighted by Crippen LogP contribution is -2.19. The Hall–Kier alpha value is -2.34. The van der Waals surface area contributed by atoms with E-state index >= 15 is 0 Å². The molecule has 104 valence electrons. The molecule has 2 aromatic rings. The summed E-state index contributed by atoms with van der Waals surface area (Å²) in [5.41, 5.74) is 0.798. The number of benzene rings is 1. The Morgan fingerprint density at radius 3 is 2.70 bits per heavy atom. The Morgan fingerprint density at radius 1 is 1.35 bits per heavy atom. The van der Waals surface area contributed by atoms with E-state index in [1.165, 1.54) is 12.1 Å². The van der Waals surface area contributed by atoms with Crippen LogP contribution in [0.3, 0.4) is 0 Å². The van der Waals surface area contributed by atoms with Gasteiger partial charge in [0.1, 0.15) is 0 Å². The molecule has 20 heavy (non-hydrogen) atoms. The molecule has 5 nitrogen and oxygen atoms in total. The highest BCUT2D eigenvalue weighted by atomic mass is 19.1. The molecule has 0 bridgehead atoms. The predicted molar refractivity (Wildman–Crippen MR) is 72.5 cm³/mol. The Kier molecular flexibility index (Phi) is 4.37. The van der Waals surface area contributed by atoms with Crippen LogP contribution in [0.4, 0.5) is 10.1 Å². The molecule has 2 rings (SSSR count). The first-order valence-corrected chi connectivity index (χ1v) is 6.14. The Balaban J connectivity index is 2.08. The van der Waals surface area contributed by atoms with E-state index in [1.54, 1.807) is 12.4 Å². The molecule has 0 spiro atoms. The van der Waals surface area contributed by atoms with Gasteiger partial charge >= 0.3 is 5.69 Å². The number of nitro groups is 1. The Labute approximate surface area is 115 Å². The molecule has 0 fully saturated rings. The monoisotopic (exact) mass is 275 g/mol. The zero-order chi connectivity index (χ0) is 14.5. The fourth-order valence-corrected chi connectivity index (χ4v) is 1.88. The lowest BCUT2D eigenvalue weighted by atomic mass is 10.1. The molecule has 1 aromatic carbocycles. The summed E-state index contributed by atoms with van der Waals surface area (Å²) in [5, 5.41) is 13.8. The molecule has 1 unspecified atom stereocenters. The lowest BCUT2D eigenvalue weighted by Gasteiger charge is -2.14. The van der Waals surface area contributed by atoms with Crippen LogP contribution in [0.15, 0.2) is 42.7 Å². The summed E-state index contributed by atoms with van der Waals surface area (Å²) in [5.74, 6) is -0.785. The summed E-state index contributed by atoms with van der Waals surface area (Å²) in [7, 11) is 0. The number of aromatic nitrogens is 1. The SMILES string of the molecule is CC(NCc1cccc([N+](=O)[O-])c1F)c1ccncc1. The third-order valence-corrected chi connectivity index (χ3v) is 3.06. The first-order valence-electron chi connectivity index (χ1n) is 6.14. The fourth-order valence-electron chi connectivity index (χ4n) is 1.88. The first kappa shape index (κ1) is 14.1. The second-order valence-corrected chi connectivity index (χ2v) is 4.39. The van der Waals surface area contributed by atoms with Crippen molar-refractivity contribution >= 4 is 5.69 Å². The van der Waals surface area contributed by atoms with Gasteiger partial charge in [0.15, 0.2) is 0 Å². The quantitative estimate of drug-likeness (QED) is 0.672. The molecular weight excluding hydrogens is 261 g/mol. The minimum atomic E-state index is -0.785. The summed E-state index contributed by atoms with van der Waals surface area (Å²) < 4.78 is 13.9. The van der Waals surface area contributed by atoms with Crippen molar-refractivity contribution < 1.29 is 9.31 Å². The van der Waals surface area contributed by atoms with Crippen molar-refractivity contribution in [2.24, 2.45) is 0 Å². The molecule has 1 atom stereocenters. The molecular formula is C14H14FN3O2. The average molecular weight is 275 g/mol. The molecule has 1 heterocycles. The van der Waals surface area contributed by atoms with E-state index in [9.17, 15) is 14.5 Å². The van der Waals surface area contributed by atoms with Crippen molar-refractivity contribution in [3.05, 3.63) is 69.8 Å². The molecule has 0 saturated carbocycles. The topological polar surface area (TPSA) is 68.1 Å². The van der Waals surface area contributed by atoms with Crippen LogP contribution in [0.25, 0.3) is 0 Å². The first-order chi connectivity index (χ1) is 9.59. The van der Waals surface area contributed by atoms with E-state index in [-0.39, 0.29) is 18.2 Å². The van der Waals surface area contributed by atoms with Gasteiger partial charge in [-0.3, -0.25) is 15.1 Å². The maximum atomic E-state index is 13.9. The summed E-state index contributed by atoms with van der Waals surface area (Å²) in [6, 6.07) is 7.90. The number of nitrogens with zero attached hydrogens (tertiary/aromatic N) is 2. The predicted octanol–water partition coefficient (Wildman–Crippen LogP) is 2.98. The molecule has 1 N–H and O–H groups in total. The van der Waals surface area contributed by atoms with Gasteiger partial charge in [-0.15, -0.1) is 0 Å². The van der Waals surface area contributed by atoms with Crippen LogP contribution >= 0.6 is 0 Å². The third-order valence-electron chi connectivity index (χ3n) is 3.06. The molecule has 0 radical (unpaired) electrons. The Morgan fingerprint density at radius 2 is 2.05 bits per heavy atom. The van der Waals surface area contributed by atoms with Gasteiger partial charge in [-0.05, 0) is 24.6 Å². The van der Waals surface area contributed by atoms with Crippen molar-refractivity contribution in [3.8, 4) is 0 Å². The molecule has 0 saturated heterocycles. The van der Waals surface area contributed by atoms with Crippen LogP contribution in [-0.2, 0) is 6.54 Å². The highest BCUT2D eigenvalue weighted by molar-refractivity contribution is 5.36. The van der Waals surface area contributed by atoms with Crippen LogP contribution in [0.5, 0.6) is 0 Å². The van der Waals surface area contributed by atoms with Crippen LogP contribution in [0.2, 0.25) is 0 Å². The van der Waals surface area contributed by atoms with Crippen LogP contribution in [0.1, 0.15) is 24.1 Å². The van der Waals surface area contributed by atoms with Crippen molar-refractivity contribution in [1.29, 1.82) is 0 Å². The van der Waals surface area contributed by atoms with Crippen molar-refractivity contribution in [3.63, 3.8) is 0 Å². The van der Waals surface area contributed by atoms with Gasteiger partial charge in [0.05, 0.1) is 4.92 Å². The molecule has 0 aliphatic rings. The molecule has 0 amide bonds. The molecule has 0 aliphatic heterocycles. The highest BCUT2D eigenvalue weighted by Gasteiger charge is 2.17. The maximum Gasteiger partial charge on any atom is 0.305 e. The van der Waals surface area contributed by atoms with Gasteiger partial charge < -0.3 is 5.32 Å². The normalized spacial score (nSPS) is 12.1. The van der Waals surface area contributed by atoms with E-state index in [4.69, 9.17) is 0 Å². The summed E-state index contributed by atoms with van der Waals surface area (Å²) in [6.07, 6.45) is 3.36. The van der Waals surface area contributed by atoms with Gasteiger partial charge in [0.25, 0.3) is 0 Å².